The Morgan fingerprint density at radius 1 is 1.20 bits per heavy atom. The van der Waals surface area contributed by atoms with Gasteiger partial charge in [0.1, 0.15) is 0 Å². The SMILES string of the molecule is Cc1ccccc1CC(=O)NC1CNCCC1c1ccc(F)c(F)c1. The highest BCUT2D eigenvalue weighted by Gasteiger charge is 2.28. The van der Waals surface area contributed by atoms with Crippen LogP contribution in [0.4, 0.5) is 8.78 Å². The number of carbonyl (C=O) groups is 1. The van der Waals surface area contributed by atoms with E-state index in [1.165, 1.54) is 6.07 Å². The summed E-state index contributed by atoms with van der Waals surface area (Å²) in [5.74, 6) is -1.79. The van der Waals surface area contributed by atoms with Crippen LogP contribution in [0, 0.1) is 18.6 Å². The molecular weight excluding hydrogens is 322 g/mol. The third kappa shape index (κ3) is 4.23. The summed E-state index contributed by atoms with van der Waals surface area (Å²) in [5.41, 5.74) is 2.80. The highest BCUT2D eigenvalue weighted by atomic mass is 19.2. The minimum absolute atomic E-state index is 0.0304. The largest absolute Gasteiger partial charge is 0.351 e. The summed E-state index contributed by atoms with van der Waals surface area (Å²) < 4.78 is 26.8. The normalized spacial score (nSPS) is 20.3. The van der Waals surface area contributed by atoms with Gasteiger partial charge in [-0.3, -0.25) is 4.79 Å². The molecule has 0 saturated carbocycles. The van der Waals surface area contributed by atoms with Gasteiger partial charge in [-0.2, -0.15) is 0 Å². The van der Waals surface area contributed by atoms with Crippen LogP contribution >= 0.6 is 0 Å². The number of rotatable bonds is 4. The topological polar surface area (TPSA) is 41.1 Å². The lowest BCUT2D eigenvalue weighted by Gasteiger charge is -2.33. The maximum Gasteiger partial charge on any atom is 0.224 e. The lowest BCUT2D eigenvalue weighted by atomic mass is 9.85. The molecule has 25 heavy (non-hydrogen) atoms. The van der Waals surface area contributed by atoms with E-state index < -0.39 is 11.6 Å². The van der Waals surface area contributed by atoms with Gasteiger partial charge in [-0.15, -0.1) is 0 Å². The van der Waals surface area contributed by atoms with Crippen LogP contribution in [0.5, 0.6) is 0 Å². The third-order valence-electron chi connectivity index (χ3n) is 4.81. The predicted molar refractivity (Wildman–Crippen MR) is 93.4 cm³/mol. The molecule has 1 aliphatic heterocycles. The summed E-state index contributed by atoms with van der Waals surface area (Å²) >= 11 is 0. The van der Waals surface area contributed by atoms with Crippen molar-refractivity contribution in [3.8, 4) is 0 Å². The van der Waals surface area contributed by atoms with Gasteiger partial charge in [0.2, 0.25) is 5.91 Å². The lowest BCUT2D eigenvalue weighted by molar-refractivity contribution is -0.121. The Hall–Kier alpha value is -2.27. The molecule has 3 rings (SSSR count). The molecule has 1 amide bonds. The number of nitrogens with one attached hydrogen (secondary N) is 2. The quantitative estimate of drug-likeness (QED) is 0.895. The van der Waals surface area contributed by atoms with Gasteiger partial charge in [-0.25, -0.2) is 8.78 Å². The molecule has 1 heterocycles. The van der Waals surface area contributed by atoms with Crippen molar-refractivity contribution in [2.24, 2.45) is 0 Å². The van der Waals surface area contributed by atoms with Gasteiger partial charge in [-0.05, 0) is 48.7 Å². The number of hydrogen-bond acceptors (Lipinski definition) is 2. The predicted octanol–water partition coefficient (Wildman–Crippen LogP) is 3.08. The molecule has 132 valence electrons. The number of piperidine rings is 1. The molecule has 0 spiro atoms. The molecule has 1 fully saturated rings. The van der Waals surface area contributed by atoms with E-state index in [9.17, 15) is 13.6 Å². The zero-order chi connectivity index (χ0) is 17.8. The highest BCUT2D eigenvalue weighted by Crippen LogP contribution is 2.27. The van der Waals surface area contributed by atoms with Crippen molar-refractivity contribution >= 4 is 5.91 Å². The minimum atomic E-state index is -0.849. The second-order valence-corrected chi connectivity index (χ2v) is 6.55. The van der Waals surface area contributed by atoms with Gasteiger partial charge in [-0.1, -0.05) is 30.3 Å². The van der Waals surface area contributed by atoms with Crippen LogP contribution in [-0.4, -0.2) is 25.0 Å². The first-order valence-electron chi connectivity index (χ1n) is 8.54. The molecule has 2 unspecified atom stereocenters. The molecule has 1 aliphatic rings. The van der Waals surface area contributed by atoms with Crippen molar-refractivity contribution in [2.45, 2.75) is 31.7 Å². The second-order valence-electron chi connectivity index (χ2n) is 6.55. The summed E-state index contributed by atoms with van der Waals surface area (Å²) in [7, 11) is 0. The zero-order valence-electron chi connectivity index (χ0n) is 14.2. The van der Waals surface area contributed by atoms with Gasteiger partial charge in [0.15, 0.2) is 11.6 Å². The fourth-order valence-corrected chi connectivity index (χ4v) is 3.39. The molecule has 0 aliphatic carbocycles. The molecule has 1 saturated heterocycles. The Labute approximate surface area is 146 Å². The van der Waals surface area contributed by atoms with Crippen LogP contribution in [0.1, 0.15) is 29.0 Å². The second kappa shape index (κ2) is 7.74. The Morgan fingerprint density at radius 2 is 2.00 bits per heavy atom. The van der Waals surface area contributed by atoms with E-state index in [1.807, 2.05) is 31.2 Å². The number of benzene rings is 2. The van der Waals surface area contributed by atoms with E-state index in [2.05, 4.69) is 10.6 Å². The van der Waals surface area contributed by atoms with E-state index in [4.69, 9.17) is 0 Å². The standard InChI is InChI=1S/C20H22F2N2O/c1-13-4-2-3-5-14(13)11-20(25)24-19-12-23-9-8-16(19)15-6-7-17(21)18(22)10-15/h2-7,10,16,19,23H,8-9,11-12H2,1H3,(H,24,25). The summed E-state index contributed by atoms with van der Waals surface area (Å²) in [5, 5.41) is 6.32. The number of halogens is 2. The smallest absolute Gasteiger partial charge is 0.224 e. The average molecular weight is 344 g/mol. The molecule has 0 aromatic heterocycles. The number of amides is 1. The van der Waals surface area contributed by atoms with Crippen LogP contribution in [-0.2, 0) is 11.2 Å². The highest BCUT2D eigenvalue weighted by molar-refractivity contribution is 5.79. The minimum Gasteiger partial charge on any atom is -0.351 e. The molecule has 0 bridgehead atoms. The Bertz CT molecular complexity index is 763. The van der Waals surface area contributed by atoms with Crippen molar-refractivity contribution in [1.82, 2.24) is 10.6 Å². The number of hydrogen-bond donors (Lipinski definition) is 2. The molecule has 2 atom stereocenters. The van der Waals surface area contributed by atoms with E-state index >= 15 is 0 Å². The van der Waals surface area contributed by atoms with E-state index in [0.29, 0.717) is 13.0 Å². The number of aryl methyl sites for hydroxylation is 1. The van der Waals surface area contributed by atoms with E-state index in [-0.39, 0.29) is 17.9 Å². The van der Waals surface area contributed by atoms with Crippen molar-refractivity contribution in [2.75, 3.05) is 13.1 Å². The van der Waals surface area contributed by atoms with Gasteiger partial charge in [0.25, 0.3) is 0 Å². The first kappa shape index (κ1) is 17.5. The molecule has 5 heteroatoms. The zero-order valence-corrected chi connectivity index (χ0v) is 14.2. The van der Waals surface area contributed by atoms with E-state index in [1.54, 1.807) is 6.07 Å². The molecule has 2 aromatic rings. The molecule has 3 nitrogen and oxygen atoms in total. The van der Waals surface area contributed by atoms with Gasteiger partial charge >= 0.3 is 0 Å². The summed E-state index contributed by atoms with van der Waals surface area (Å²) in [4.78, 5) is 12.5. The van der Waals surface area contributed by atoms with Crippen LogP contribution in [0.25, 0.3) is 0 Å². The van der Waals surface area contributed by atoms with Crippen LogP contribution in [0.3, 0.4) is 0 Å². The Kier molecular flexibility index (Phi) is 5.43. The Morgan fingerprint density at radius 3 is 2.76 bits per heavy atom. The lowest BCUT2D eigenvalue weighted by Crippen LogP contribution is -2.50. The van der Waals surface area contributed by atoms with Crippen molar-refractivity contribution in [3.63, 3.8) is 0 Å². The molecule has 0 radical (unpaired) electrons. The number of carbonyl (C=O) groups excluding carboxylic acids is 1. The van der Waals surface area contributed by atoms with Crippen molar-refractivity contribution in [1.29, 1.82) is 0 Å². The molecular formula is C20H22F2N2O. The Balaban J connectivity index is 1.71. The maximum atomic E-state index is 13.6. The third-order valence-corrected chi connectivity index (χ3v) is 4.81. The van der Waals surface area contributed by atoms with Gasteiger partial charge < -0.3 is 10.6 Å². The average Bonchev–Trinajstić information content (AvgIpc) is 2.60. The summed E-state index contributed by atoms with van der Waals surface area (Å²) in [6.45, 7) is 3.38. The fraction of sp³-hybridized carbons (Fsp3) is 0.350. The van der Waals surface area contributed by atoms with Crippen LogP contribution < -0.4 is 10.6 Å². The first-order valence-corrected chi connectivity index (χ1v) is 8.54. The van der Waals surface area contributed by atoms with Crippen molar-refractivity contribution in [3.05, 3.63) is 70.8 Å². The van der Waals surface area contributed by atoms with Gasteiger partial charge in [0.05, 0.1) is 6.42 Å². The van der Waals surface area contributed by atoms with E-state index in [0.717, 1.165) is 35.7 Å². The maximum absolute atomic E-state index is 13.6. The summed E-state index contributed by atoms with van der Waals surface area (Å²) in [6, 6.07) is 11.6. The fourth-order valence-electron chi connectivity index (χ4n) is 3.39. The molecule has 2 N–H and O–H groups in total. The van der Waals surface area contributed by atoms with Gasteiger partial charge in [0, 0.05) is 18.5 Å². The van der Waals surface area contributed by atoms with Crippen LogP contribution in [0.2, 0.25) is 0 Å². The molecule has 2 aromatic carbocycles. The first-order chi connectivity index (χ1) is 12.0. The van der Waals surface area contributed by atoms with Crippen molar-refractivity contribution < 1.29 is 13.6 Å². The monoisotopic (exact) mass is 344 g/mol. The summed E-state index contributed by atoms with van der Waals surface area (Å²) in [6.07, 6.45) is 1.08. The van der Waals surface area contributed by atoms with Crippen LogP contribution in [0.15, 0.2) is 42.5 Å².